The van der Waals surface area contributed by atoms with Crippen molar-refractivity contribution >= 4 is 11.9 Å². The standard InChI is InChI=1S/C11H12N2O2/c1-11(2)6-8-3-4-10(13(14)15)5-9(8)7-12-11/h3-5,7H,6H2,1-2H3. The minimum Gasteiger partial charge on any atom is -0.286 e. The van der Waals surface area contributed by atoms with Crippen LogP contribution in [0.25, 0.3) is 0 Å². The summed E-state index contributed by atoms with van der Waals surface area (Å²) in [6, 6.07) is 4.95. The van der Waals surface area contributed by atoms with Crippen LogP contribution in [0, 0.1) is 10.1 Å². The summed E-state index contributed by atoms with van der Waals surface area (Å²) in [6.07, 6.45) is 2.56. The maximum absolute atomic E-state index is 10.6. The van der Waals surface area contributed by atoms with Crippen molar-refractivity contribution in [3.8, 4) is 0 Å². The van der Waals surface area contributed by atoms with Crippen molar-refractivity contribution in [3.05, 3.63) is 39.4 Å². The minimum atomic E-state index is -0.381. The lowest BCUT2D eigenvalue weighted by molar-refractivity contribution is -0.384. The second-order valence-electron chi connectivity index (χ2n) is 4.39. The smallest absolute Gasteiger partial charge is 0.270 e. The fraction of sp³-hybridized carbons (Fsp3) is 0.364. The lowest BCUT2D eigenvalue weighted by atomic mass is 9.90. The highest BCUT2D eigenvalue weighted by atomic mass is 16.6. The molecular weight excluding hydrogens is 192 g/mol. The van der Waals surface area contributed by atoms with Crippen LogP contribution in [-0.4, -0.2) is 16.7 Å². The molecule has 1 aliphatic heterocycles. The molecular formula is C11H12N2O2. The summed E-state index contributed by atoms with van der Waals surface area (Å²) >= 11 is 0. The summed E-state index contributed by atoms with van der Waals surface area (Å²) in [4.78, 5) is 14.6. The van der Waals surface area contributed by atoms with Gasteiger partial charge in [0.15, 0.2) is 0 Å². The number of hydrogen-bond acceptors (Lipinski definition) is 3. The summed E-state index contributed by atoms with van der Waals surface area (Å²) in [5.41, 5.74) is 2.02. The Bertz CT molecular complexity index is 450. The highest BCUT2D eigenvalue weighted by Gasteiger charge is 2.22. The fourth-order valence-electron chi connectivity index (χ4n) is 1.73. The molecule has 15 heavy (non-hydrogen) atoms. The van der Waals surface area contributed by atoms with Crippen molar-refractivity contribution in [2.24, 2.45) is 4.99 Å². The van der Waals surface area contributed by atoms with E-state index in [4.69, 9.17) is 0 Å². The lowest BCUT2D eigenvalue weighted by Crippen LogP contribution is -2.24. The van der Waals surface area contributed by atoms with Gasteiger partial charge < -0.3 is 0 Å². The van der Waals surface area contributed by atoms with Crippen molar-refractivity contribution in [1.29, 1.82) is 0 Å². The van der Waals surface area contributed by atoms with Gasteiger partial charge in [-0.3, -0.25) is 15.1 Å². The molecule has 1 heterocycles. The van der Waals surface area contributed by atoms with Crippen LogP contribution in [-0.2, 0) is 6.42 Å². The van der Waals surface area contributed by atoms with Crippen LogP contribution >= 0.6 is 0 Å². The van der Waals surface area contributed by atoms with E-state index in [-0.39, 0.29) is 16.1 Å². The topological polar surface area (TPSA) is 55.5 Å². The van der Waals surface area contributed by atoms with E-state index < -0.39 is 0 Å². The van der Waals surface area contributed by atoms with E-state index >= 15 is 0 Å². The van der Waals surface area contributed by atoms with Crippen molar-refractivity contribution in [3.63, 3.8) is 0 Å². The van der Waals surface area contributed by atoms with Gasteiger partial charge in [0.1, 0.15) is 0 Å². The normalized spacial score (nSPS) is 17.2. The molecule has 1 aliphatic rings. The molecule has 0 atom stereocenters. The Kier molecular flexibility index (Phi) is 2.07. The van der Waals surface area contributed by atoms with Crippen molar-refractivity contribution in [2.45, 2.75) is 25.8 Å². The number of nitro benzene ring substituents is 1. The number of rotatable bonds is 1. The monoisotopic (exact) mass is 204 g/mol. The summed E-state index contributed by atoms with van der Waals surface area (Å²) in [5.74, 6) is 0. The maximum Gasteiger partial charge on any atom is 0.270 e. The van der Waals surface area contributed by atoms with Crippen molar-refractivity contribution in [1.82, 2.24) is 0 Å². The third-order valence-electron chi connectivity index (χ3n) is 2.52. The zero-order valence-electron chi connectivity index (χ0n) is 8.73. The Balaban J connectivity index is 2.45. The molecule has 2 rings (SSSR count). The zero-order chi connectivity index (χ0) is 11.1. The molecule has 0 saturated heterocycles. The maximum atomic E-state index is 10.6. The first-order chi connectivity index (χ1) is 6.98. The largest absolute Gasteiger partial charge is 0.286 e. The predicted molar refractivity (Wildman–Crippen MR) is 58.5 cm³/mol. The number of hydrogen-bond donors (Lipinski definition) is 0. The van der Waals surface area contributed by atoms with E-state index in [1.807, 2.05) is 19.9 Å². The second-order valence-corrected chi connectivity index (χ2v) is 4.39. The van der Waals surface area contributed by atoms with E-state index in [1.165, 1.54) is 0 Å². The Labute approximate surface area is 87.8 Å². The quantitative estimate of drug-likeness (QED) is 0.520. The lowest BCUT2D eigenvalue weighted by Gasteiger charge is -2.24. The van der Waals surface area contributed by atoms with Crippen LogP contribution < -0.4 is 0 Å². The molecule has 0 bridgehead atoms. The SMILES string of the molecule is CC1(C)Cc2ccc([N+](=O)[O-])cc2C=N1. The average molecular weight is 204 g/mol. The van der Waals surface area contributed by atoms with Crippen LogP contribution in [0.15, 0.2) is 23.2 Å². The minimum absolute atomic E-state index is 0.0941. The van der Waals surface area contributed by atoms with Crippen LogP contribution in [0.1, 0.15) is 25.0 Å². The summed E-state index contributed by atoms with van der Waals surface area (Å²) in [6.45, 7) is 4.10. The highest BCUT2D eigenvalue weighted by molar-refractivity contribution is 5.84. The highest BCUT2D eigenvalue weighted by Crippen LogP contribution is 2.26. The van der Waals surface area contributed by atoms with Gasteiger partial charge in [-0.2, -0.15) is 0 Å². The molecule has 0 N–H and O–H groups in total. The van der Waals surface area contributed by atoms with E-state index in [2.05, 4.69) is 4.99 Å². The third-order valence-corrected chi connectivity index (χ3v) is 2.52. The molecule has 0 aliphatic carbocycles. The molecule has 0 unspecified atom stereocenters. The number of aliphatic imine (C=N–C) groups is 1. The van der Waals surface area contributed by atoms with Gasteiger partial charge >= 0.3 is 0 Å². The number of nitrogens with zero attached hydrogens (tertiary/aromatic N) is 2. The molecule has 0 saturated carbocycles. The summed E-state index contributed by atoms with van der Waals surface area (Å²) in [5, 5.41) is 10.6. The molecule has 0 spiro atoms. The van der Waals surface area contributed by atoms with E-state index in [0.717, 1.165) is 17.5 Å². The molecule has 0 aromatic heterocycles. The van der Waals surface area contributed by atoms with Crippen LogP contribution in [0.3, 0.4) is 0 Å². The Morgan fingerprint density at radius 2 is 2.20 bits per heavy atom. The number of fused-ring (bicyclic) bond motifs is 1. The average Bonchev–Trinajstić information content (AvgIpc) is 2.15. The number of nitro groups is 1. The van der Waals surface area contributed by atoms with E-state index in [0.29, 0.717) is 0 Å². The molecule has 0 radical (unpaired) electrons. The van der Waals surface area contributed by atoms with Gasteiger partial charge in [0.2, 0.25) is 0 Å². The van der Waals surface area contributed by atoms with Gasteiger partial charge in [0.25, 0.3) is 5.69 Å². The molecule has 1 aromatic rings. The Morgan fingerprint density at radius 3 is 2.87 bits per heavy atom. The first-order valence-electron chi connectivity index (χ1n) is 4.80. The third kappa shape index (κ3) is 1.88. The number of non-ortho nitro benzene ring substituents is 1. The second kappa shape index (κ2) is 3.15. The first kappa shape index (κ1) is 9.83. The first-order valence-corrected chi connectivity index (χ1v) is 4.80. The molecule has 0 fully saturated rings. The number of benzene rings is 1. The molecule has 0 amide bonds. The van der Waals surface area contributed by atoms with Gasteiger partial charge in [0, 0.05) is 23.9 Å². The van der Waals surface area contributed by atoms with Crippen molar-refractivity contribution in [2.75, 3.05) is 0 Å². The van der Waals surface area contributed by atoms with Gasteiger partial charge in [-0.05, 0) is 25.8 Å². The van der Waals surface area contributed by atoms with Crippen molar-refractivity contribution < 1.29 is 4.92 Å². The predicted octanol–water partition coefficient (Wildman–Crippen LogP) is 2.35. The van der Waals surface area contributed by atoms with Gasteiger partial charge in [-0.1, -0.05) is 6.07 Å². The van der Waals surface area contributed by atoms with Crippen LogP contribution in [0.2, 0.25) is 0 Å². The molecule has 78 valence electrons. The zero-order valence-corrected chi connectivity index (χ0v) is 8.73. The van der Waals surface area contributed by atoms with E-state index in [1.54, 1.807) is 18.3 Å². The molecule has 4 heteroatoms. The van der Waals surface area contributed by atoms with Gasteiger partial charge in [-0.15, -0.1) is 0 Å². The van der Waals surface area contributed by atoms with Gasteiger partial charge in [0.05, 0.1) is 10.5 Å². The summed E-state index contributed by atoms with van der Waals surface area (Å²) < 4.78 is 0. The Morgan fingerprint density at radius 1 is 1.47 bits per heavy atom. The molecule has 4 nitrogen and oxygen atoms in total. The van der Waals surface area contributed by atoms with Crippen LogP contribution in [0.5, 0.6) is 0 Å². The van der Waals surface area contributed by atoms with Crippen LogP contribution in [0.4, 0.5) is 5.69 Å². The Hall–Kier alpha value is -1.71. The summed E-state index contributed by atoms with van der Waals surface area (Å²) in [7, 11) is 0. The van der Waals surface area contributed by atoms with Gasteiger partial charge in [-0.25, -0.2) is 0 Å². The van der Waals surface area contributed by atoms with E-state index in [9.17, 15) is 10.1 Å². The fourth-order valence-corrected chi connectivity index (χ4v) is 1.73. The molecule has 1 aromatic carbocycles.